The monoisotopic (exact) mass is 180 g/mol. The van der Waals surface area contributed by atoms with Gasteiger partial charge in [-0.15, -0.1) is 0 Å². The number of Topliss-reactive ketones (excluding diaryl/α,β-unsaturated/α-hetero) is 1. The summed E-state index contributed by atoms with van der Waals surface area (Å²) in [6.45, 7) is 8.37. The molecule has 1 nitrogen and oxygen atoms in total. The van der Waals surface area contributed by atoms with Crippen molar-refractivity contribution in [3.63, 3.8) is 0 Å². The minimum absolute atomic E-state index is 0.112. The topological polar surface area (TPSA) is 17.1 Å². The summed E-state index contributed by atoms with van der Waals surface area (Å²) in [7, 11) is 0. The van der Waals surface area contributed by atoms with E-state index in [9.17, 15) is 4.79 Å². The Labute approximate surface area is 81.2 Å². The molecule has 0 aromatic heterocycles. The molecule has 0 aromatic carbocycles. The molecule has 1 fully saturated rings. The van der Waals surface area contributed by atoms with Crippen molar-refractivity contribution in [3.05, 3.63) is 11.6 Å². The Morgan fingerprint density at radius 1 is 1.38 bits per heavy atom. The molecular formula is C12H20O. The van der Waals surface area contributed by atoms with Gasteiger partial charge in [0.2, 0.25) is 0 Å². The van der Waals surface area contributed by atoms with E-state index in [1.807, 2.05) is 0 Å². The average Bonchev–Trinajstić information content (AvgIpc) is 1.98. The third kappa shape index (κ3) is 2.43. The second-order valence-corrected chi connectivity index (χ2v) is 5.00. The quantitative estimate of drug-likeness (QED) is 0.565. The van der Waals surface area contributed by atoms with Crippen molar-refractivity contribution in [2.75, 3.05) is 0 Å². The van der Waals surface area contributed by atoms with Gasteiger partial charge in [0.15, 0.2) is 5.78 Å². The fraction of sp³-hybridized carbons (Fsp3) is 0.750. The molecule has 0 aromatic rings. The number of hydrogen-bond acceptors (Lipinski definition) is 1. The van der Waals surface area contributed by atoms with E-state index in [1.165, 1.54) is 0 Å². The van der Waals surface area contributed by atoms with Crippen LogP contribution in [-0.4, -0.2) is 5.78 Å². The first kappa shape index (κ1) is 10.5. The molecule has 1 rings (SSSR count). The highest BCUT2D eigenvalue weighted by molar-refractivity contribution is 6.00. The maximum Gasteiger partial charge on any atom is 0.164 e. The number of hydrogen-bond donors (Lipinski definition) is 0. The number of carbonyl (C=O) groups is 1. The van der Waals surface area contributed by atoms with E-state index < -0.39 is 0 Å². The Balaban J connectivity index is 2.83. The molecular weight excluding hydrogens is 160 g/mol. The third-order valence-electron chi connectivity index (χ3n) is 2.69. The maximum absolute atomic E-state index is 11.9. The highest BCUT2D eigenvalue weighted by atomic mass is 16.1. The van der Waals surface area contributed by atoms with Crippen LogP contribution in [0, 0.1) is 11.3 Å². The number of rotatable bonds is 1. The van der Waals surface area contributed by atoms with Gasteiger partial charge < -0.3 is 0 Å². The van der Waals surface area contributed by atoms with Crippen LogP contribution in [0.15, 0.2) is 11.6 Å². The van der Waals surface area contributed by atoms with Crippen LogP contribution in [0.3, 0.4) is 0 Å². The first-order valence-electron chi connectivity index (χ1n) is 5.19. The summed E-state index contributed by atoms with van der Waals surface area (Å²) in [4.78, 5) is 11.9. The molecule has 13 heavy (non-hydrogen) atoms. The van der Waals surface area contributed by atoms with Gasteiger partial charge in [0.05, 0.1) is 0 Å². The Bertz CT molecular complexity index is 234. The van der Waals surface area contributed by atoms with Crippen molar-refractivity contribution in [1.29, 1.82) is 0 Å². The van der Waals surface area contributed by atoms with Crippen molar-refractivity contribution >= 4 is 5.78 Å². The molecule has 0 atom stereocenters. The highest BCUT2D eigenvalue weighted by Crippen LogP contribution is 2.35. The number of carbonyl (C=O) groups excluding carboxylic acids is 1. The van der Waals surface area contributed by atoms with Gasteiger partial charge in [-0.1, -0.05) is 33.8 Å². The zero-order chi connectivity index (χ0) is 10.1. The predicted molar refractivity (Wildman–Crippen MR) is 55.6 cm³/mol. The van der Waals surface area contributed by atoms with Crippen molar-refractivity contribution in [2.24, 2.45) is 11.3 Å². The van der Waals surface area contributed by atoms with Gasteiger partial charge in [0.25, 0.3) is 0 Å². The summed E-state index contributed by atoms with van der Waals surface area (Å²) in [5.41, 5.74) is 0.949. The summed E-state index contributed by atoms with van der Waals surface area (Å²) in [6, 6.07) is 0. The largest absolute Gasteiger partial charge is 0.294 e. The molecule has 1 aliphatic carbocycles. The SMILES string of the molecule is CC(C)/C=C1\CCCC(C)(C)C1=O. The molecule has 1 saturated carbocycles. The lowest BCUT2D eigenvalue weighted by molar-refractivity contribution is -0.124. The first-order valence-corrected chi connectivity index (χ1v) is 5.19. The summed E-state index contributed by atoms with van der Waals surface area (Å²) < 4.78 is 0. The number of ketones is 1. The molecule has 0 radical (unpaired) electrons. The van der Waals surface area contributed by atoms with Crippen molar-refractivity contribution in [1.82, 2.24) is 0 Å². The molecule has 0 bridgehead atoms. The van der Waals surface area contributed by atoms with Gasteiger partial charge in [0, 0.05) is 5.41 Å². The summed E-state index contributed by atoms with van der Waals surface area (Å²) in [5.74, 6) is 0.861. The highest BCUT2D eigenvalue weighted by Gasteiger charge is 2.33. The van der Waals surface area contributed by atoms with Gasteiger partial charge in [0.1, 0.15) is 0 Å². The summed E-state index contributed by atoms with van der Waals surface area (Å²) in [5, 5.41) is 0. The van der Waals surface area contributed by atoms with Crippen LogP contribution in [0.25, 0.3) is 0 Å². The molecule has 0 aliphatic heterocycles. The lowest BCUT2D eigenvalue weighted by Crippen LogP contribution is -2.29. The van der Waals surface area contributed by atoms with E-state index in [2.05, 4.69) is 33.8 Å². The molecule has 1 aliphatic rings. The van der Waals surface area contributed by atoms with E-state index in [0.29, 0.717) is 11.7 Å². The molecule has 74 valence electrons. The van der Waals surface area contributed by atoms with Crippen LogP contribution in [-0.2, 0) is 4.79 Å². The lowest BCUT2D eigenvalue weighted by Gasteiger charge is -2.29. The fourth-order valence-corrected chi connectivity index (χ4v) is 1.94. The van der Waals surface area contributed by atoms with Gasteiger partial charge in [-0.05, 0) is 30.8 Å². The molecule has 0 unspecified atom stereocenters. The minimum atomic E-state index is -0.112. The van der Waals surface area contributed by atoms with E-state index >= 15 is 0 Å². The van der Waals surface area contributed by atoms with Gasteiger partial charge >= 0.3 is 0 Å². The Morgan fingerprint density at radius 3 is 2.54 bits per heavy atom. The normalized spacial score (nSPS) is 25.6. The smallest absolute Gasteiger partial charge is 0.164 e. The predicted octanol–water partition coefficient (Wildman–Crippen LogP) is 3.35. The fourth-order valence-electron chi connectivity index (χ4n) is 1.94. The Hall–Kier alpha value is -0.590. The minimum Gasteiger partial charge on any atom is -0.294 e. The second kappa shape index (κ2) is 3.65. The van der Waals surface area contributed by atoms with Crippen molar-refractivity contribution < 1.29 is 4.79 Å². The third-order valence-corrected chi connectivity index (χ3v) is 2.69. The zero-order valence-corrected chi connectivity index (χ0v) is 9.18. The molecule has 0 heterocycles. The average molecular weight is 180 g/mol. The van der Waals surface area contributed by atoms with Crippen LogP contribution >= 0.6 is 0 Å². The van der Waals surface area contributed by atoms with Crippen LogP contribution < -0.4 is 0 Å². The lowest BCUT2D eigenvalue weighted by atomic mass is 9.73. The van der Waals surface area contributed by atoms with Gasteiger partial charge in [-0.2, -0.15) is 0 Å². The van der Waals surface area contributed by atoms with E-state index in [-0.39, 0.29) is 5.41 Å². The van der Waals surface area contributed by atoms with Crippen LogP contribution in [0.5, 0.6) is 0 Å². The first-order chi connectivity index (χ1) is 5.93. The van der Waals surface area contributed by atoms with Crippen LogP contribution in [0.1, 0.15) is 47.0 Å². The van der Waals surface area contributed by atoms with Crippen molar-refractivity contribution in [3.8, 4) is 0 Å². The van der Waals surface area contributed by atoms with Crippen LogP contribution in [0.4, 0.5) is 0 Å². The zero-order valence-electron chi connectivity index (χ0n) is 9.18. The molecule has 0 spiro atoms. The standard InChI is InChI=1S/C12H20O/c1-9(2)8-10-6-5-7-12(3,4)11(10)13/h8-9H,5-7H2,1-4H3/b10-8+. The number of allylic oxidation sites excluding steroid dienone is 2. The second-order valence-electron chi connectivity index (χ2n) is 5.00. The van der Waals surface area contributed by atoms with Crippen molar-refractivity contribution in [2.45, 2.75) is 47.0 Å². The summed E-state index contributed by atoms with van der Waals surface area (Å²) >= 11 is 0. The Kier molecular flexibility index (Phi) is 2.94. The van der Waals surface area contributed by atoms with E-state index in [0.717, 1.165) is 24.8 Å². The molecule has 0 saturated heterocycles. The van der Waals surface area contributed by atoms with E-state index in [1.54, 1.807) is 0 Å². The molecule has 1 heteroatoms. The maximum atomic E-state index is 11.9. The Morgan fingerprint density at radius 2 is 2.00 bits per heavy atom. The molecule has 0 amide bonds. The molecule has 0 N–H and O–H groups in total. The van der Waals surface area contributed by atoms with Crippen LogP contribution in [0.2, 0.25) is 0 Å². The van der Waals surface area contributed by atoms with Gasteiger partial charge in [-0.25, -0.2) is 0 Å². The van der Waals surface area contributed by atoms with Gasteiger partial charge in [-0.3, -0.25) is 4.79 Å². The summed E-state index contributed by atoms with van der Waals surface area (Å²) in [6.07, 6.45) is 5.32. The van der Waals surface area contributed by atoms with E-state index in [4.69, 9.17) is 0 Å².